The fraction of sp³-hybridized carbons (Fsp3) is 0.310. The Morgan fingerprint density at radius 3 is 2.19 bits per heavy atom. The number of hydrogen-bond donors (Lipinski definition) is 3. The molecule has 0 aliphatic carbocycles. The molecule has 194 valence electrons. The number of aliphatic carboxylic acids is 1. The van der Waals surface area contributed by atoms with Gasteiger partial charge in [0.15, 0.2) is 0 Å². The van der Waals surface area contributed by atoms with Gasteiger partial charge in [0.1, 0.15) is 12.1 Å². The number of carboxylic acid groups (broad SMARTS) is 1. The van der Waals surface area contributed by atoms with Crippen LogP contribution in [-0.4, -0.2) is 48.4 Å². The number of aldehydes is 1. The molecule has 1 aromatic heterocycles. The highest BCUT2D eigenvalue weighted by molar-refractivity contribution is 5.94. The van der Waals surface area contributed by atoms with E-state index in [2.05, 4.69) is 65.9 Å². The number of pyridine rings is 1. The van der Waals surface area contributed by atoms with Crippen molar-refractivity contribution in [2.45, 2.75) is 32.7 Å². The molecule has 0 fully saturated rings. The van der Waals surface area contributed by atoms with Gasteiger partial charge < -0.3 is 25.4 Å². The largest absolute Gasteiger partial charge is 0.481 e. The number of hydrogen-bond acceptors (Lipinski definition) is 6. The third-order valence-electron chi connectivity index (χ3n) is 5.98. The molecule has 0 spiro atoms. The highest BCUT2D eigenvalue weighted by Crippen LogP contribution is 2.29. The highest BCUT2D eigenvalue weighted by atomic mass is 16.4. The average molecular weight is 503 g/mol. The van der Waals surface area contributed by atoms with Crippen LogP contribution in [0.15, 0.2) is 66.9 Å². The first kappa shape index (κ1) is 27.4. The summed E-state index contributed by atoms with van der Waals surface area (Å²) in [5, 5.41) is 14.8. The summed E-state index contributed by atoms with van der Waals surface area (Å²) >= 11 is 0. The van der Waals surface area contributed by atoms with Crippen molar-refractivity contribution in [3.05, 3.63) is 78.0 Å². The van der Waals surface area contributed by atoms with Crippen LogP contribution in [0.1, 0.15) is 48.7 Å². The molecule has 8 heteroatoms. The second-order valence-electron chi connectivity index (χ2n) is 9.37. The maximum absolute atomic E-state index is 12.2. The van der Waals surface area contributed by atoms with E-state index in [4.69, 9.17) is 5.11 Å². The lowest BCUT2D eigenvalue weighted by molar-refractivity contribution is -0.136. The van der Waals surface area contributed by atoms with Gasteiger partial charge in [0.2, 0.25) is 0 Å². The van der Waals surface area contributed by atoms with Gasteiger partial charge in [-0.2, -0.15) is 0 Å². The van der Waals surface area contributed by atoms with Crippen LogP contribution in [0.2, 0.25) is 0 Å². The summed E-state index contributed by atoms with van der Waals surface area (Å²) in [6.07, 6.45) is 3.15. The number of nitrogens with zero attached hydrogens (tertiary/aromatic N) is 2. The summed E-state index contributed by atoms with van der Waals surface area (Å²) in [6.45, 7) is 4.77. The minimum absolute atomic E-state index is 0.0381. The SMILES string of the molecule is CC(C)CC(Nc1ccc(C(=O)NCCC(=O)O)cn1)c1ccc(-c2ccc(N(C)CC=O)cc2)cc1. The number of carbonyl (C=O) groups excluding carboxylic acids is 2. The molecule has 0 aliphatic rings. The quantitative estimate of drug-likeness (QED) is 0.288. The predicted molar refractivity (Wildman–Crippen MR) is 146 cm³/mol. The Balaban J connectivity index is 1.69. The Morgan fingerprint density at radius 1 is 1.00 bits per heavy atom. The Bertz CT molecular complexity index is 1180. The number of nitrogens with one attached hydrogen (secondary N) is 2. The molecular weight excluding hydrogens is 468 g/mol. The Labute approximate surface area is 217 Å². The van der Waals surface area contributed by atoms with Crippen molar-refractivity contribution in [3.8, 4) is 11.1 Å². The predicted octanol–water partition coefficient (Wildman–Crippen LogP) is 4.79. The zero-order chi connectivity index (χ0) is 26.8. The maximum Gasteiger partial charge on any atom is 0.305 e. The molecule has 1 atom stereocenters. The monoisotopic (exact) mass is 502 g/mol. The van der Waals surface area contributed by atoms with E-state index in [1.165, 1.54) is 6.20 Å². The Kier molecular flexibility index (Phi) is 9.77. The van der Waals surface area contributed by atoms with E-state index in [0.717, 1.165) is 35.1 Å². The second kappa shape index (κ2) is 13.2. The molecule has 1 unspecified atom stereocenters. The van der Waals surface area contributed by atoms with Crippen molar-refractivity contribution in [2.75, 3.05) is 30.4 Å². The minimum atomic E-state index is -0.959. The van der Waals surface area contributed by atoms with Crippen molar-refractivity contribution >= 4 is 29.7 Å². The number of rotatable bonds is 13. The first-order chi connectivity index (χ1) is 17.8. The van der Waals surface area contributed by atoms with Gasteiger partial charge in [-0.1, -0.05) is 50.2 Å². The molecule has 2 aromatic carbocycles. The smallest absolute Gasteiger partial charge is 0.305 e. The lowest BCUT2D eigenvalue weighted by Gasteiger charge is -2.22. The number of carbonyl (C=O) groups is 3. The Hall–Kier alpha value is -4.20. The van der Waals surface area contributed by atoms with Crippen LogP contribution in [0.5, 0.6) is 0 Å². The summed E-state index contributed by atoms with van der Waals surface area (Å²) in [4.78, 5) is 39.9. The summed E-state index contributed by atoms with van der Waals surface area (Å²) in [7, 11) is 1.89. The van der Waals surface area contributed by atoms with Crippen molar-refractivity contribution in [1.29, 1.82) is 0 Å². The normalized spacial score (nSPS) is 11.6. The molecule has 0 saturated heterocycles. The first-order valence-corrected chi connectivity index (χ1v) is 12.3. The van der Waals surface area contributed by atoms with Gasteiger partial charge in [0, 0.05) is 25.5 Å². The van der Waals surface area contributed by atoms with Gasteiger partial charge in [0.05, 0.1) is 24.6 Å². The number of likely N-dealkylation sites (N-methyl/N-ethyl adjacent to an activating group) is 1. The van der Waals surface area contributed by atoms with Crippen LogP contribution < -0.4 is 15.5 Å². The molecule has 3 aromatic rings. The Morgan fingerprint density at radius 2 is 1.65 bits per heavy atom. The molecule has 1 heterocycles. The molecule has 3 N–H and O–H groups in total. The minimum Gasteiger partial charge on any atom is -0.481 e. The van der Waals surface area contributed by atoms with Gasteiger partial charge >= 0.3 is 5.97 Å². The number of benzene rings is 2. The van der Waals surface area contributed by atoms with Crippen LogP contribution in [-0.2, 0) is 9.59 Å². The van der Waals surface area contributed by atoms with Gasteiger partial charge in [0.25, 0.3) is 5.91 Å². The molecule has 1 amide bonds. The van der Waals surface area contributed by atoms with Crippen LogP contribution in [0.3, 0.4) is 0 Å². The van der Waals surface area contributed by atoms with Crippen LogP contribution >= 0.6 is 0 Å². The van der Waals surface area contributed by atoms with E-state index in [9.17, 15) is 14.4 Å². The van der Waals surface area contributed by atoms with E-state index >= 15 is 0 Å². The van der Waals surface area contributed by atoms with Crippen LogP contribution in [0, 0.1) is 5.92 Å². The molecule has 0 saturated carbocycles. The summed E-state index contributed by atoms with van der Waals surface area (Å²) < 4.78 is 0. The summed E-state index contributed by atoms with van der Waals surface area (Å²) in [6, 6.07) is 20.1. The highest BCUT2D eigenvalue weighted by Gasteiger charge is 2.15. The third kappa shape index (κ3) is 8.17. The zero-order valence-electron chi connectivity index (χ0n) is 21.5. The molecule has 3 rings (SSSR count). The molecule has 8 nitrogen and oxygen atoms in total. The van der Waals surface area contributed by atoms with Crippen LogP contribution in [0.4, 0.5) is 11.5 Å². The lowest BCUT2D eigenvalue weighted by Crippen LogP contribution is -2.26. The van der Waals surface area contributed by atoms with Crippen molar-refractivity contribution in [2.24, 2.45) is 5.92 Å². The third-order valence-corrected chi connectivity index (χ3v) is 5.98. The second-order valence-corrected chi connectivity index (χ2v) is 9.37. The van der Waals surface area contributed by atoms with Crippen molar-refractivity contribution in [3.63, 3.8) is 0 Å². The summed E-state index contributed by atoms with van der Waals surface area (Å²) in [5.41, 5.74) is 4.71. The van der Waals surface area contributed by atoms with E-state index in [-0.39, 0.29) is 24.9 Å². The topological polar surface area (TPSA) is 112 Å². The number of aromatic nitrogens is 1. The van der Waals surface area contributed by atoms with Crippen LogP contribution in [0.25, 0.3) is 11.1 Å². The fourth-order valence-corrected chi connectivity index (χ4v) is 3.96. The van der Waals surface area contributed by atoms with Gasteiger partial charge in [-0.3, -0.25) is 9.59 Å². The van der Waals surface area contributed by atoms with Crippen molar-refractivity contribution < 1.29 is 19.5 Å². The molecular formula is C29H34N4O4. The van der Waals surface area contributed by atoms with E-state index in [0.29, 0.717) is 23.8 Å². The average Bonchev–Trinajstić information content (AvgIpc) is 2.88. The zero-order valence-corrected chi connectivity index (χ0v) is 21.5. The van der Waals surface area contributed by atoms with E-state index < -0.39 is 5.97 Å². The van der Waals surface area contributed by atoms with E-state index in [1.54, 1.807) is 12.1 Å². The van der Waals surface area contributed by atoms with Gasteiger partial charge in [-0.25, -0.2) is 4.98 Å². The molecule has 0 radical (unpaired) electrons. The van der Waals surface area contributed by atoms with Gasteiger partial charge in [-0.15, -0.1) is 0 Å². The lowest BCUT2D eigenvalue weighted by atomic mass is 9.95. The van der Waals surface area contributed by atoms with E-state index in [1.807, 2.05) is 24.1 Å². The number of amides is 1. The molecule has 0 aliphatic heterocycles. The van der Waals surface area contributed by atoms with Gasteiger partial charge in [-0.05, 0) is 53.3 Å². The number of carboxylic acids is 1. The fourth-order valence-electron chi connectivity index (χ4n) is 3.96. The standard InChI is InChI=1S/C29H34N4O4/c1-20(2)18-26(32-27-13-10-24(19-31-27)29(37)30-15-14-28(35)36)23-6-4-21(5-7-23)22-8-11-25(12-9-22)33(3)16-17-34/h4-13,17,19-20,26H,14-16,18H2,1-3H3,(H,30,37)(H,31,32)(H,35,36). The molecule has 0 bridgehead atoms. The maximum atomic E-state index is 12.2. The summed E-state index contributed by atoms with van der Waals surface area (Å²) in [5.74, 6) is -0.198. The number of anilines is 2. The van der Waals surface area contributed by atoms with Crippen molar-refractivity contribution in [1.82, 2.24) is 10.3 Å². The first-order valence-electron chi connectivity index (χ1n) is 12.3. The molecule has 37 heavy (non-hydrogen) atoms.